The first-order chi connectivity index (χ1) is 15.1. The Kier molecular flexibility index (Phi) is 9.72. The van der Waals surface area contributed by atoms with Gasteiger partial charge in [0.15, 0.2) is 11.7 Å². The molecule has 0 saturated carbocycles. The number of likely N-dealkylation sites (N-methyl/N-ethyl adjacent to an activating group) is 1. The zero-order chi connectivity index (χ0) is 23.9. The van der Waals surface area contributed by atoms with E-state index in [2.05, 4.69) is 38.3 Å². The predicted molar refractivity (Wildman–Crippen MR) is 134 cm³/mol. The molecule has 0 aromatic carbocycles. The molecule has 32 heavy (non-hydrogen) atoms. The number of piperidine rings is 1. The monoisotopic (exact) mass is 469 g/mol. The van der Waals surface area contributed by atoms with Gasteiger partial charge in [-0.15, -0.1) is 0 Å². The van der Waals surface area contributed by atoms with Crippen LogP contribution in [0.2, 0.25) is 0 Å². The summed E-state index contributed by atoms with van der Waals surface area (Å²) in [6, 6.07) is 2.02. The maximum Gasteiger partial charge on any atom is 0.207 e. The molecule has 182 valence electrons. The summed E-state index contributed by atoms with van der Waals surface area (Å²) in [4.78, 5) is 9.87. The Hall–Kier alpha value is -1.91. The molecule has 1 aromatic heterocycles. The van der Waals surface area contributed by atoms with Gasteiger partial charge in [-0.05, 0) is 57.4 Å². The van der Waals surface area contributed by atoms with Crippen molar-refractivity contribution in [3.05, 3.63) is 29.1 Å². The highest BCUT2D eigenvalue weighted by Crippen LogP contribution is 2.41. The summed E-state index contributed by atoms with van der Waals surface area (Å²) in [7, 11) is 1.73. The predicted octanol–water partition coefficient (Wildman–Crippen LogP) is 3.65. The van der Waals surface area contributed by atoms with Gasteiger partial charge in [-0.1, -0.05) is 17.4 Å². The van der Waals surface area contributed by atoms with Crippen molar-refractivity contribution in [1.29, 1.82) is 0 Å². The summed E-state index contributed by atoms with van der Waals surface area (Å²) in [5.74, 6) is 0.221. The van der Waals surface area contributed by atoms with Crippen LogP contribution in [0.15, 0.2) is 27.7 Å². The molecule has 2 heterocycles. The number of halogens is 1. The molecular formula is C22H40FN7OS. The quantitative estimate of drug-likeness (QED) is 0.404. The minimum Gasteiger partial charge on any atom is -0.367 e. The molecule has 0 amide bonds. The van der Waals surface area contributed by atoms with Crippen molar-refractivity contribution in [2.24, 2.45) is 15.9 Å². The lowest BCUT2D eigenvalue weighted by atomic mass is 9.98. The van der Waals surface area contributed by atoms with E-state index in [-0.39, 0.29) is 11.7 Å². The van der Waals surface area contributed by atoms with Crippen molar-refractivity contribution < 1.29 is 8.94 Å². The second-order valence-electron chi connectivity index (χ2n) is 8.70. The van der Waals surface area contributed by atoms with Crippen molar-refractivity contribution >= 4 is 23.0 Å². The molecular weight excluding hydrogens is 429 g/mol. The third kappa shape index (κ3) is 7.05. The van der Waals surface area contributed by atoms with Crippen molar-refractivity contribution in [3.8, 4) is 0 Å². The Morgan fingerprint density at radius 3 is 2.59 bits per heavy atom. The molecule has 0 radical (unpaired) electrons. The Morgan fingerprint density at radius 1 is 1.41 bits per heavy atom. The highest BCUT2D eigenvalue weighted by Gasteiger charge is 2.26. The summed E-state index contributed by atoms with van der Waals surface area (Å²) >= 11 is 0. The van der Waals surface area contributed by atoms with E-state index in [9.17, 15) is 4.55 Å². The number of rotatable bonds is 10. The number of amidine groups is 1. The second-order valence-corrected chi connectivity index (χ2v) is 11.7. The second kappa shape index (κ2) is 11.8. The van der Waals surface area contributed by atoms with Crippen LogP contribution in [0.4, 0.5) is 4.39 Å². The zero-order valence-corrected chi connectivity index (χ0v) is 21.3. The summed E-state index contributed by atoms with van der Waals surface area (Å²) in [5.41, 5.74) is 1.96. The Labute approximate surface area is 194 Å². The summed E-state index contributed by atoms with van der Waals surface area (Å²) < 4.78 is 29.7. The molecule has 0 atom stereocenters. The van der Waals surface area contributed by atoms with E-state index in [4.69, 9.17) is 0 Å². The molecule has 1 aliphatic heterocycles. The fraction of sp³-hybridized carbons (Fsp3) is 0.682. The largest absolute Gasteiger partial charge is 0.367 e. The number of aliphatic imine (C=N–C) groups is 2. The molecule has 10 heteroatoms. The van der Waals surface area contributed by atoms with Crippen LogP contribution in [0.25, 0.3) is 0 Å². The lowest BCUT2D eigenvalue weighted by Gasteiger charge is -2.42. The van der Waals surface area contributed by atoms with Gasteiger partial charge in [-0.2, -0.15) is 9.49 Å². The number of aromatic nitrogens is 2. The SMILES string of the molecule is C=N/C(NCC1CCN(S(C)(C)O)CC1)=C(/F)C(=NC)N(C)Cc1cc(C)nn1CCC. The first-order valence-corrected chi connectivity index (χ1v) is 13.5. The van der Waals surface area contributed by atoms with E-state index >= 15 is 4.39 Å². The lowest BCUT2D eigenvalue weighted by Crippen LogP contribution is -2.38. The smallest absolute Gasteiger partial charge is 0.207 e. The molecule has 0 unspecified atom stereocenters. The van der Waals surface area contributed by atoms with Gasteiger partial charge in [0.25, 0.3) is 0 Å². The molecule has 2 N–H and O–H groups in total. The van der Waals surface area contributed by atoms with Crippen molar-refractivity contribution in [1.82, 2.24) is 24.3 Å². The normalized spacial score (nSPS) is 17.8. The molecule has 1 saturated heterocycles. The third-order valence-corrected chi connectivity index (χ3v) is 7.35. The molecule has 1 aliphatic rings. The van der Waals surface area contributed by atoms with Crippen LogP contribution in [0.3, 0.4) is 0 Å². The van der Waals surface area contributed by atoms with E-state index in [1.807, 2.05) is 37.2 Å². The van der Waals surface area contributed by atoms with E-state index in [1.165, 1.54) is 0 Å². The van der Waals surface area contributed by atoms with Crippen LogP contribution >= 0.6 is 10.5 Å². The topological polar surface area (TPSA) is 81.3 Å². The molecule has 2 rings (SSSR count). The first kappa shape index (κ1) is 26.3. The highest BCUT2D eigenvalue weighted by atomic mass is 32.3. The number of hydrogen-bond donors (Lipinski definition) is 2. The number of hydrogen-bond acceptors (Lipinski definition) is 6. The van der Waals surface area contributed by atoms with Gasteiger partial charge in [0.05, 0.1) is 17.9 Å². The van der Waals surface area contributed by atoms with Crippen LogP contribution < -0.4 is 5.32 Å². The number of nitrogens with one attached hydrogen (secondary N) is 1. The first-order valence-electron chi connectivity index (χ1n) is 11.1. The third-order valence-electron chi connectivity index (χ3n) is 5.72. The number of nitrogens with zero attached hydrogens (tertiary/aromatic N) is 6. The van der Waals surface area contributed by atoms with Gasteiger partial charge in [-0.3, -0.25) is 9.67 Å². The van der Waals surface area contributed by atoms with Crippen LogP contribution in [-0.4, -0.2) is 82.3 Å². The van der Waals surface area contributed by atoms with E-state index < -0.39 is 16.3 Å². The summed E-state index contributed by atoms with van der Waals surface area (Å²) in [5, 5.41) is 7.66. The van der Waals surface area contributed by atoms with Crippen molar-refractivity contribution in [2.45, 2.75) is 46.2 Å². The minimum absolute atomic E-state index is 0.117. The fourth-order valence-electron chi connectivity index (χ4n) is 4.00. The van der Waals surface area contributed by atoms with Crippen LogP contribution in [0.5, 0.6) is 0 Å². The van der Waals surface area contributed by atoms with Crippen LogP contribution in [0, 0.1) is 12.8 Å². The summed E-state index contributed by atoms with van der Waals surface area (Å²) in [6.45, 7) is 11.2. The highest BCUT2D eigenvalue weighted by molar-refractivity contribution is 8.26. The van der Waals surface area contributed by atoms with Gasteiger partial charge >= 0.3 is 0 Å². The van der Waals surface area contributed by atoms with Gasteiger partial charge in [0, 0.05) is 40.3 Å². The van der Waals surface area contributed by atoms with Gasteiger partial charge in [0.1, 0.15) is 0 Å². The van der Waals surface area contributed by atoms with E-state index in [0.717, 1.165) is 50.3 Å². The van der Waals surface area contributed by atoms with E-state index in [1.54, 1.807) is 11.9 Å². The molecule has 1 aromatic rings. The van der Waals surface area contributed by atoms with Crippen LogP contribution in [-0.2, 0) is 13.1 Å². The Balaban J connectivity index is 2.03. The Morgan fingerprint density at radius 2 is 2.06 bits per heavy atom. The fourth-order valence-corrected chi connectivity index (χ4v) is 5.10. The maximum atomic E-state index is 15.4. The van der Waals surface area contributed by atoms with Crippen molar-refractivity contribution in [3.63, 3.8) is 0 Å². The van der Waals surface area contributed by atoms with Gasteiger partial charge < -0.3 is 14.8 Å². The van der Waals surface area contributed by atoms with E-state index in [0.29, 0.717) is 19.0 Å². The maximum absolute atomic E-state index is 15.4. The molecule has 0 aliphatic carbocycles. The standard InChI is InChI=1S/C22H40FN7OS/c1-8-11-30-19(14-17(2)27-30)16-28(5)22(25-4)20(23)21(24-3)26-15-18-9-12-29(13-10-18)32(6,7)31/h14,18,26,31H,3,8-13,15-16H2,1-2,4-7H3/b21-20-,25-22?. The molecule has 1 fully saturated rings. The van der Waals surface area contributed by atoms with Gasteiger partial charge in [-0.25, -0.2) is 9.30 Å². The molecule has 0 spiro atoms. The Bertz CT molecular complexity index is 823. The van der Waals surface area contributed by atoms with Crippen molar-refractivity contribution in [2.75, 3.05) is 46.2 Å². The zero-order valence-electron chi connectivity index (χ0n) is 20.4. The average molecular weight is 470 g/mol. The minimum atomic E-state index is -1.67. The van der Waals surface area contributed by atoms with Crippen LogP contribution in [0.1, 0.15) is 37.6 Å². The molecule has 8 nitrogen and oxygen atoms in total. The molecule has 0 bridgehead atoms. The number of aryl methyl sites for hydroxylation is 2. The lowest BCUT2D eigenvalue weighted by molar-refractivity contribution is 0.271. The average Bonchev–Trinajstić information content (AvgIpc) is 3.07. The summed E-state index contributed by atoms with van der Waals surface area (Å²) in [6.07, 6.45) is 6.66. The van der Waals surface area contributed by atoms with Gasteiger partial charge in [0.2, 0.25) is 5.83 Å².